The molecule has 3 aromatic heterocycles. The maximum absolute atomic E-state index is 13.3. The Hall–Kier alpha value is -2.84. The van der Waals surface area contributed by atoms with Gasteiger partial charge in [-0.15, -0.1) is 22.7 Å². The van der Waals surface area contributed by atoms with Gasteiger partial charge in [0, 0.05) is 23.8 Å². The second-order valence-electron chi connectivity index (χ2n) is 6.45. The van der Waals surface area contributed by atoms with Crippen molar-refractivity contribution in [2.45, 2.75) is 26.4 Å². The standard InChI is InChI=1S/C20H17N3O3S2/c1-11-19(28-12(2)22-11)17(24)15-16(14-4-3-9-27-14)23(20(26)18(15)25)10-13-5-7-21-8-6-13/h3-9,16,25H,10H2,1-2H3. The van der Waals surface area contributed by atoms with Gasteiger partial charge in [0.25, 0.3) is 5.91 Å². The summed E-state index contributed by atoms with van der Waals surface area (Å²) in [6.07, 6.45) is 3.30. The van der Waals surface area contributed by atoms with Crippen molar-refractivity contribution in [2.75, 3.05) is 0 Å². The van der Waals surface area contributed by atoms with Crippen LogP contribution in [0.2, 0.25) is 0 Å². The lowest BCUT2D eigenvalue weighted by atomic mass is 10.00. The summed E-state index contributed by atoms with van der Waals surface area (Å²) in [5, 5.41) is 13.3. The van der Waals surface area contributed by atoms with E-state index in [9.17, 15) is 14.7 Å². The van der Waals surface area contributed by atoms with Crippen LogP contribution in [0.5, 0.6) is 0 Å². The molecule has 0 spiro atoms. The predicted molar refractivity (Wildman–Crippen MR) is 107 cm³/mol. The molecular weight excluding hydrogens is 394 g/mol. The third-order valence-corrected chi connectivity index (χ3v) is 6.57. The van der Waals surface area contributed by atoms with Crippen molar-refractivity contribution in [2.24, 2.45) is 0 Å². The van der Waals surface area contributed by atoms with E-state index in [1.807, 2.05) is 36.6 Å². The molecule has 8 heteroatoms. The van der Waals surface area contributed by atoms with Crippen molar-refractivity contribution in [1.82, 2.24) is 14.9 Å². The molecular formula is C20H17N3O3S2. The van der Waals surface area contributed by atoms with Crippen LogP contribution in [0.15, 0.2) is 53.4 Å². The average molecular weight is 412 g/mol. The molecule has 1 aliphatic heterocycles. The second kappa shape index (κ2) is 7.29. The molecule has 0 radical (unpaired) electrons. The molecule has 3 aromatic rings. The minimum atomic E-state index is -0.630. The minimum absolute atomic E-state index is 0.119. The Balaban J connectivity index is 1.78. The van der Waals surface area contributed by atoms with Crippen LogP contribution in [-0.4, -0.2) is 31.7 Å². The van der Waals surface area contributed by atoms with Crippen LogP contribution in [0.3, 0.4) is 0 Å². The summed E-state index contributed by atoms with van der Waals surface area (Å²) in [6, 6.07) is 6.74. The first kappa shape index (κ1) is 18.5. The first-order valence-corrected chi connectivity index (χ1v) is 10.3. The van der Waals surface area contributed by atoms with E-state index in [1.54, 1.807) is 19.3 Å². The van der Waals surface area contributed by atoms with Crippen molar-refractivity contribution in [3.63, 3.8) is 0 Å². The minimum Gasteiger partial charge on any atom is -0.503 e. The lowest BCUT2D eigenvalue weighted by Crippen LogP contribution is -2.30. The van der Waals surface area contributed by atoms with E-state index in [0.717, 1.165) is 15.4 Å². The number of hydrogen-bond donors (Lipinski definition) is 1. The van der Waals surface area contributed by atoms with Crippen molar-refractivity contribution in [3.05, 3.63) is 79.4 Å². The first-order valence-electron chi connectivity index (χ1n) is 8.62. The highest BCUT2D eigenvalue weighted by Gasteiger charge is 2.44. The fourth-order valence-corrected chi connectivity index (χ4v) is 5.06. The lowest BCUT2D eigenvalue weighted by Gasteiger charge is -2.25. The van der Waals surface area contributed by atoms with E-state index in [0.29, 0.717) is 10.6 Å². The molecule has 0 fully saturated rings. The molecule has 4 heterocycles. The number of amides is 1. The summed E-state index contributed by atoms with van der Waals surface area (Å²) in [7, 11) is 0. The fraction of sp³-hybridized carbons (Fsp3) is 0.200. The molecule has 6 nitrogen and oxygen atoms in total. The van der Waals surface area contributed by atoms with Gasteiger partial charge in [0.2, 0.25) is 5.78 Å². The third-order valence-electron chi connectivity index (χ3n) is 4.57. The van der Waals surface area contributed by atoms with Gasteiger partial charge in [-0.05, 0) is 43.0 Å². The van der Waals surface area contributed by atoms with Crippen LogP contribution in [0.25, 0.3) is 0 Å². The van der Waals surface area contributed by atoms with Gasteiger partial charge in [-0.3, -0.25) is 14.6 Å². The lowest BCUT2D eigenvalue weighted by molar-refractivity contribution is -0.130. The molecule has 1 N–H and O–H groups in total. The highest BCUT2D eigenvalue weighted by atomic mass is 32.1. The molecule has 28 heavy (non-hydrogen) atoms. The molecule has 0 saturated carbocycles. The number of carbonyl (C=O) groups excluding carboxylic acids is 2. The zero-order valence-electron chi connectivity index (χ0n) is 15.2. The van der Waals surface area contributed by atoms with Crippen LogP contribution < -0.4 is 0 Å². The summed E-state index contributed by atoms with van der Waals surface area (Å²) in [5.41, 5.74) is 1.60. The number of aliphatic hydroxyl groups excluding tert-OH is 1. The normalized spacial score (nSPS) is 16.9. The molecule has 1 unspecified atom stereocenters. The summed E-state index contributed by atoms with van der Waals surface area (Å²) in [5.74, 6) is -1.37. The van der Waals surface area contributed by atoms with Crippen LogP contribution in [0.1, 0.15) is 36.9 Å². The van der Waals surface area contributed by atoms with Gasteiger partial charge < -0.3 is 10.0 Å². The van der Waals surface area contributed by atoms with Gasteiger partial charge >= 0.3 is 0 Å². The number of hydrogen-bond acceptors (Lipinski definition) is 7. The van der Waals surface area contributed by atoms with Crippen LogP contribution in [0.4, 0.5) is 0 Å². The molecule has 4 rings (SSSR count). The summed E-state index contributed by atoms with van der Waals surface area (Å²) in [6.45, 7) is 3.86. The Labute approximate surface area is 169 Å². The summed E-state index contributed by atoms with van der Waals surface area (Å²) >= 11 is 2.72. The Bertz CT molecular complexity index is 1070. The van der Waals surface area contributed by atoms with Crippen LogP contribution in [-0.2, 0) is 11.3 Å². The Morgan fingerprint density at radius 1 is 1.25 bits per heavy atom. The fourth-order valence-electron chi connectivity index (χ4n) is 3.34. The summed E-state index contributed by atoms with van der Waals surface area (Å²) < 4.78 is 0. The average Bonchev–Trinajstić information content (AvgIpc) is 3.37. The van der Waals surface area contributed by atoms with E-state index in [1.165, 1.54) is 27.6 Å². The maximum Gasteiger partial charge on any atom is 0.290 e. The number of ketones is 1. The molecule has 1 aliphatic rings. The molecule has 0 aromatic carbocycles. The van der Waals surface area contributed by atoms with Crippen LogP contribution in [0, 0.1) is 13.8 Å². The maximum atomic E-state index is 13.3. The van der Waals surface area contributed by atoms with E-state index in [4.69, 9.17) is 0 Å². The predicted octanol–water partition coefficient (Wildman–Crippen LogP) is 3.99. The number of thiophene rings is 1. The number of aromatic nitrogens is 2. The first-order chi connectivity index (χ1) is 13.5. The Morgan fingerprint density at radius 2 is 2.00 bits per heavy atom. The number of thiazole rings is 1. The van der Waals surface area contributed by atoms with Crippen molar-refractivity contribution in [3.8, 4) is 0 Å². The van der Waals surface area contributed by atoms with E-state index in [2.05, 4.69) is 9.97 Å². The molecule has 1 atom stereocenters. The van der Waals surface area contributed by atoms with E-state index in [-0.39, 0.29) is 17.9 Å². The zero-order valence-corrected chi connectivity index (χ0v) is 16.9. The second-order valence-corrected chi connectivity index (χ2v) is 8.63. The Morgan fingerprint density at radius 3 is 2.61 bits per heavy atom. The topological polar surface area (TPSA) is 83.4 Å². The monoisotopic (exact) mass is 411 g/mol. The zero-order chi connectivity index (χ0) is 19.8. The van der Waals surface area contributed by atoms with E-state index < -0.39 is 17.7 Å². The third kappa shape index (κ3) is 3.14. The van der Waals surface area contributed by atoms with Gasteiger partial charge in [-0.25, -0.2) is 4.98 Å². The van der Waals surface area contributed by atoms with Crippen LogP contribution >= 0.6 is 22.7 Å². The van der Waals surface area contributed by atoms with Gasteiger partial charge in [0.1, 0.15) is 6.04 Å². The highest BCUT2D eigenvalue weighted by molar-refractivity contribution is 7.14. The smallest absolute Gasteiger partial charge is 0.290 e. The molecule has 0 saturated heterocycles. The molecule has 1 amide bonds. The highest BCUT2D eigenvalue weighted by Crippen LogP contribution is 2.42. The van der Waals surface area contributed by atoms with Crippen molar-refractivity contribution in [1.29, 1.82) is 0 Å². The quantitative estimate of drug-likeness (QED) is 0.642. The molecule has 0 bridgehead atoms. The Kier molecular flexibility index (Phi) is 4.82. The number of rotatable bonds is 5. The molecule has 0 aliphatic carbocycles. The van der Waals surface area contributed by atoms with Gasteiger partial charge in [0.15, 0.2) is 5.76 Å². The number of pyridine rings is 1. The number of nitrogens with zero attached hydrogens (tertiary/aromatic N) is 3. The number of aryl methyl sites for hydroxylation is 2. The van der Waals surface area contributed by atoms with Gasteiger partial charge in [0.05, 0.1) is 21.2 Å². The van der Waals surface area contributed by atoms with E-state index >= 15 is 0 Å². The van der Waals surface area contributed by atoms with Crippen molar-refractivity contribution < 1.29 is 14.7 Å². The number of carbonyl (C=O) groups is 2. The van der Waals surface area contributed by atoms with Gasteiger partial charge in [-0.1, -0.05) is 6.07 Å². The molecule has 142 valence electrons. The number of Topliss-reactive ketones (excluding diaryl/α,β-unsaturated/α-hetero) is 1. The largest absolute Gasteiger partial charge is 0.503 e. The number of aliphatic hydroxyl groups is 1. The van der Waals surface area contributed by atoms with Crippen molar-refractivity contribution >= 4 is 34.4 Å². The SMILES string of the molecule is Cc1nc(C)c(C(=O)C2=C(O)C(=O)N(Cc3ccncc3)C2c2cccs2)s1. The van der Waals surface area contributed by atoms with Gasteiger partial charge in [-0.2, -0.15) is 0 Å². The summed E-state index contributed by atoms with van der Waals surface area (Å²) in [4.78, 5) is 37.3.